The van der Waals surface area contributed by atoms with Crippen LogP contribution in [0, 0.1) is 11.3 Å². The summed E-state index contributed by atoms with van der Waals surface area (Å²) >= 11 is 14.1. The molecule has 1 N–H and O–H groups in total. The highest BCUT2D eigenvalue weighted by Gasteiger charge is 2.42. The molecule has 2 aliphatic rings. The van der Waals surface area contributed by atoms with Crippen LogP contribution in [0.3, 0.4) is 0 Å². The molecule has 1 aromatic heterocycles. The standard InChI is InChI=1S/C28H32Cl2N2O3S/c29-21-6-7-24-25(18-21)36-27(31-24)32-11-8-28(9-12-32,20-4-2-1-3-5-20)10-13-35-23-15-19(16-26(33)34)14-22(30)17-23/h6-7,14-15,17-18,20H,1-5,8-13,16H2,(H,33,34). The SMILES string of the molecule is O=C(O)Cc1cc(Cl)cc(OCCC2(C3CCCCC3)CCN(c3nc4ccc(Cl)cc4s3)CC2)c1. The van der Waals surface area contributed by atoms with Gasteiger partial charge >= 0.3 is 5.97 Å². The first kappa shape index (κ1) is 25.6. The lowest BCUT2D eigenvalue weighted by Gasteiger charge is -2.48. The van der Waals surface area contributed by atoms with E-state index >= 15 is 0 Å². The largest absolute Gasteiger partial charge is 0.494 e. The number of thiazole rings is 1. The van der Waals surface area contributed by atoms with Crippen molar-refractivity contribution in [1.82, 2.24) is 4.98 Å². The molecule has 2 aromatic carbocycles. The van der Waals surface area contributed by atoms with Crippen LogP contribution in [0.15, 0.2) is 36.4 Å². The first-order chi connectivity index (χ1) is 17.4. The van der Waals surface area contributed by atoms with Crippen molar-refractivity contribution in [2.45, 2.75) is 57.8 Å². The quantitative estimate of drug-likeness (QED) is 0.311. The van der Waals surface area contributed by atoms with Crippen molar-refractivity contribution in [3.8, 4) is 5.75 Å². The number of fused-ring (bicyclic) bond motifs is 1. The van der Waals surface area contributed by atoms with Gasteiger partial charge in [-0.1, -0.05) is 53.8 Å². The molecular weight excluding hydrogens is 515 g/mol. The summed E-state index contributed by atoms with van der Waals surface area (Å²) in [6.45, 7) is 2.62. The first-order valence-corrected chi connectivity index (χ1v) is 14.4. The molecule has 1 aliphatic heterocycles. The number of aromatic nitrogens is 1. The van der Waals surface area contributed by atoms with Gasteiger partial charge in [0.15, 0.2) is 5.13 Å². The van der Waals surface area contributed by atoms with Crippen LogP contribution in [0.25, 0.3) is 10.2 Å². The highest BCUT2D eigenvalue weighted by molar-refractivity contribution is 7.22. The molecule has 5 nitrogen and oxygen atoms in total. The maximum atomic E-state index is 11.1. The van der Waals surface area contributed by atoms with E-state index in [9.17, 15) is 4.79 Å². The topological polar surface area (TPSA) is 62.7 Å². The van der Waals surface area contributed by atoms with Gasteiger partial charge in [0, 0.05) is 23.1 Å². The predicted molar refractivity (Wildman–Crippen MR) is 148 cm³/mol. The van der Waals surface area contributed by atoms with Crippen molar-refractivity contribution in [2.75, 3.05) is 24.6 Å². The summed E-state index contributed by atoms with van der Waals surface area (Å²) in [7, 11) is 0. The van der Waals surface area contributed by atoms with Gasteiger partial charge in [0.2, 0.25) is 0 Å². The Balaban J connectivity index is 1.27. The second kappa shape index (κ2) is 11.2. The molecular formula is C28H32Cl2N2O3S. The van der Waals surface area contributed by atoms with E-state index in [2.05, 4.69) is 4.90 Å². The normalized spacial score (nSPS) is 18.4. The number of carbonyl (C=O) groups is 1. The lowest BCUT2D eigenvalue weighted by Crippen LogP contribution is -2.45. The summed E-state index contributed by atoms with van der Waals surface area (Å²) in [4.78, 5) is 18.4. The Morgan fingerprint density at radius 1 is 1.08 bits per heavy atom. The Morgan fingerprint density at radius 2 is 1.86 bits per heavy atom. The van der Waals surface area contributed by atoms with Gasteiger partial charge in [-0.25, -0.2) is 4.98 Å². The molecule has 0 unspecified atom stereocenters. The molecule has 1 saturated heterocycles. The average Bonchev–Trinajstić information content (AvgIpc) is 3.27. The Labute approximate surface area is 226 Å². The van der Waals surface area contributed by atoms with Crippen LogP contribution in [-0.4, -0.2) is 35.8 Å². The fourth-order valence-electron chi connectivity index (χ4n) is 6.10. The molecule has 0 spiro atoms. The fraction of sp³-hybridized carbons (Fsp3) is 0.500. The number of carboxylic acid groups (broad SMARTS) is 1. The van der Waals surface area contributed by atoms with Gasteiger partial charge in [-0.2, -0.15) is 0 Å². The molecule has 36 heavy (non-hydrogen) atoms. The average molecular weight is 548 g/mol. The summed E-state index contributed by atoms with van der Waals surface area (Å²) in [5.41, 5.74) is 1.94. The van der Waals surface area contributed by atoms with E-state index < -0.39 is 5.97 Å². The summed E-state index contributed by atoms with van der Waals surface area (Å²) < 4.78 is 7.31. The number of benzene rings is 2. The number of aliphatic carboxylic acids is 1. The first-order valence-electron chi connectivity index (χ1n) is 12.9. The molecule has 1 saturated carbocycles. The summed E-state index contributed by atoms with van der Waals surface area (Å²) in [5, 5.41) is 11.5. The molecule has 1 aliphatic carbocycles. The number of hydrogen-bond acceptors (Lipinski definition) is 5. The number of piperidine rings is 1. The maximum absolute atomic E-state index is 11.1. The predicted octanol–water partition coefficient (Wildman–Crippen LogP) is 7.87. The van der Waals surface area contributed by atoms with Gasteiger partial charge in [0.25, 0.3) is 0 Å². The minimum Gasteiger partial charge on any atom is -0.494 e. The molecule has 3 aromatic rings. The monoisotopic (exact) mass is 546 g/mol. The van der Waals surface area contributed by atoms with E-state index in [0.717, 1.165) is 58.6 Å². The number of hydrogen-bond donors (Lipinski definition) is 1. The van der Waals surface area contributed by atoms with E-state index in [1.807, 2.05) is 18.2 Å². The smallest absolute Gasteiger partial charge is 0.307 e. The number of nitrogens with zero attached hydrogens (tertiary/aromatic N) is 2. The third-order valence-corrected chi connectivity index (χ3v) is 9.53. The molecule has 192 valence electrons. The van der Waals surface area contributed by atoms with Gasteiger partial charge in [-0.15, -0.1) is 0 Å². The second-order valence-corrected chi connectivity index (χ2v) is 12.1. The molecule has 5 rings (SSSR count). The highest BCUT2D eigenvalue weighted by Crippen LogP contribution is 2.49. The number of anilines is 1. The second-order valence-electron chi connectivity index (χ2n) is 10.3. The summed E-state index contributed by atoms with van der Waals surface area (Å²) in [5.74, 6) is 0.513. The van der Waals surface area contributed by atoms with E-state index in [0.29, 0.717) is 22.9 Å². The number of carboxylic acids is 1. The van der Waals surface area contributed by atoms with Crippen LogP contribution in [-0.2, 0) is 11.2 Å². The number of ether oxygens (including phenoxy) is 1. The Bertz CT molecular complexity index is 1220. The minimum absolute atomic E-state index is 0.0588. The van der Waals surface area contributed by atoms with Gasteiger partial charge in [-0.05, 0) is 85.4 Å². The van der Waals surface area contributed by atoms with Crippen LogP contribution < -0.4 is 9.64 Å². The lowest BCUT2D eigenvalue weighted by atomic mass is 9.62. The Morgan fingerprint density at radius 3 is 2.61 bits per heavy atom. The van der Waals surface area contributed by atoms with E-state index in [4.69, 9.17) is 38.0 Å². The lowest BCUT2D eigenvalue weighted by molar-refractivity contribution is -0.136. The van der Waals surface area contributed by atoms with Crippen molar-refractivity contribution in [3.05, 3.63) is 52.0 Å². The van der Waals surface area contributed by atoms with E-state index in [1.54, 1.807) is 29.5 Å². The van der Waals surface area contributed by atoms with Crippen LogP contribution in [0.2, 0.25) is 10.0 Å². The van der Waals surface area contributed by atoms with Crippen molar-refractivity contribution in [3.63, 3.8) is 0 Å². The Kier molecular flexibility index (Phi) is 7.94. The molecule has 0 atom stereocenters. The highest BCUT2D eigenvalue weighted by atomic mass is 35.5. The van der Waals surface area contributed by atoms with E-state index in [1.165, 1.54) is 32.1 Å². The fourth-order valence-corrected chi connectivity index (χ4v) is 7.64. The van der Waals surface area contributed by atoms with Gasteiger partial charge in [0.1, 0.15) is 5.75 Å². The van der Waals surface area contributed by atoms with Crippen molar-refractivity contribution in [1.29, 1.82) is 0 Å². The van der Waals surface area contributed by atoms with Crippen LogP contribution in [0.4, 0.5) is 5.13 Å². The van der Waals surface area contributed by atoms with Crippen molar-refractivity contribution in [2.24, 2.45) is 11.3 Å². The Hall–Kier alpha value is -2.02. The zero-order valence-electron chi connectivity index (χ0n) is 20.3. The molecule has 2 fully saturated rings. The third kappa shape index (κ3) is 5.92. The molecule has 8 heteroatoms. The van der Waals surface area contributed by atoms with Crippen LogP contribution >= 0.6 is 34.5 Å². The maximum Gasteiger partial charge on any atom is 0.307 e. The van der Waals surface area contributed by atoms with Gasteiger partial charge in [0.05, 0.1) is 23.2 Å². The van der Waals surface area contributed by atoms with E-state index in [-0.39, 0.29) is 11.8 Å². The third-order valence-electron chi connectivity index (χ3n) is 8.00. The zero-order valence-corrected chi connectivity index (χ0v) is 22.7. The van der Waals surface area contributed by atoms with Crippen molar-refractivity contribution < 1.29 is 14.6 Å². The number of halogens is 2. The zero-order chi connectivity index (χ0) is 25.1. The molecule has 0 radical (unpaired) electrons. The van der Waals surface area contributed by atoms with Crippen LogP contribution in [0.1, 0.15) is 56.9 Å². The minimum atomic E-state index is -0.873. The molecule has 0 bridgehead atoms. The summed E-state index contributed by atoms with van der Waals surface area (Å²) in [6.07, 6.45) is 9.82. The van der Waals surface area contributed by atoms with Crippen molar-refractivity contribution >= 4 is 55.9 Å². The van der Waals surface area contributed by atoms with Gasteiger partial charge < -0.3 is 14.7 Å². The molecule has 0 amide bonds. The molecule has 2 heterocycles. The van der Waals surface area contributed by atoms with Gasteiger partial charge in [-0.3, -0.25) is 4.79 Å². The van der Waals surface area contributed by atoms with Crippen LogP contribution in [0.5, 0.6) is 5.75 Å². The number of rotatable bonds is 8. The summed E-state index contributed by atoms with van der Waals surface area (Å²) in [6, 6.07) is 11.2.